The van der Waals surface area contributed by atoms with Crippen molar-refractivity contribution in [1.82, 2.24) is 0 Å². The van der Waals surface area contributed by atoms with Gasteiger partial charge < -0.3 is 34.2 Å². The predicted molar refractivity (Wildman–Crippen MR) is 380 cm³/mol. The van der Waals surface area contributed by atoms with Gasteiger partial charge in [0.1, 0.15) is 25.4 Å². The number of phosphoric ester groups is 2. The molecule has 18 heteroatoms. The number of aliphatic hydroxyl groups excluding tert-OH is 2. The van der Waals surface area contributed by atoms with E-state index in [0.29, 0.717) is 25.7 Å². The van der Waals surface area contributed by atoms with Crippen LogP contribution < -0.4 is 0 Å². The highest BCUT2D eigenvalue weighted by Gasteiger charge is 2.29. The number of rotatable bonds is 63. The topological polar surface area (TPSA) is 231 Å². The molecule has 93 heavy (non-hydrogen) atoms. The number of phosphoric acid groups is 2. The Hall–Kier alpha value is -5.09. The summed E-state index contributed by atoms with van der Waals surface area (Å²) in [6, 6.07) is 0. The van der Waals surface area contributed by atoms with Crippen molar-refractivity contribution in [3.63, 3.8) is 0 Å². The summed E-state index contributed by atoms with van der Waals surface area (Å²) < 4.78 is 60.8. The number of esters is 3. The zero-order valence-corrected chi connectivity index (χ0v) is 58.6. The summed E-state index contributed by atoms with van der Waals surface area (Å²) in [5.74, 6) is -1.70. The molecule has 16 nitrogen and oxygen atoms in total. The van der Waals surface area contributed by atoms with E-state index >= 15 is 0 Å². The second-order valence-corrected chi connectivity index (χ2v) is 25.1. The monoisotopic (exact) mass is 1340 g/mol. The molecule has 0 rings (SSSR count). The maximum atomic E-state index is 12.9. The summed E-state index contributed by atoms with van der Waals surface area (Å²) >= 11 is 0. The van der Waals surface area contributed by atoms with Crippen molar-refractivity contribution in [2.75, 3.05) is 39.6 Å². The number of allylic oxidation sites excluding steroid dienone is 28. The van der Waals surface area contributed by atoms with Crippen LogP contribution in [-0.4, -0.2) is 95.9 Å². The van der Waals surface area contributed by atoms with E-state index in [1.807, 2.05) is 12.2 Å². The Bertz CT molecular complexity index is 2370. The van der Waals surface area contributed by atoms with E-state index in [4.69, 9.17) is 32.3 Å². The lowest BCUT2D eigenvalue weighted by Gasteiger charge is -2.21. The number of aliphatic hydroxyl groups is 2. The third-order valence-corrected chi connectivity index (χ3v) is 15.3. The minimum atomic E-state index is -4.95. The van der Waals surface area contributed by atoms with E-state index < -0.39 is 91.5 Å². The molecule has 0 aromatic rings. The average molecular weight is 1340 g/mol. The molecule has 0 aliphatic carbocycles. The molecule has 0 aromatic heterocycles. The van der Waals surface area contributed by atoms with Crippen LogP contribution in [0.5, 0.6) is 0 Å². The highest BCUT2D eigenvalue weighted by atomic mass is 31.2. The second kappa shape index (κ2) is 66.9. The number of hydrogen-bond acceptors (Lipinski definition) is 14. The summed E-state index contributed by atoms with van der Waals surface area (Å²) in [7, 11) is -9.82. The summed E-state index contributed by atoms with van der Waals surface area (Å²) in [4.78, 5) is 58.4. The maximum absolute atomic E-state index is 12.9. The molecule has 0 aliphatic heterocycles. The minimum absolute atomic E-state index is 0.0571. The molecule has 4 N–H and O–H groups in total. The number of carbonyl (C=O) groups is 3. The van der Waals surface area contributed by atoms with Crippen LogP contribution in [0.15, 0.2) is 170 Å². The van der Waals surface area contributed by atoms with Crippen molar-refractivity contribution in [2.24, 2.45) is 0 Å². The molecule has 0 bridgehead atoms. The Morgan fingerprint density at radius 2 is 0.548 bits per heavy atom. The van der Waals surface area contributed by atoms with Crippen LogP contribution in [0.2, 0.25) is 0 Å². The molecule has 5 unspecified atom stereocenters. The second-order valence-electron chi connectivity index (χ2n) is 22.2. The highest BCUT2D eigenvalue weighted by molar-refractivity contribution is 7.47. The van der Waals surface area contributed by atoms with Crippen LogP contribution in [0.25, 0.3) is 0 Å². The van der Waals surface area contributed by atoms with Gasteiger partial charge in [0.2, 0.25) is 0 Å². The van der Waals surface area contributed by atoms with Gasteiger partial charge in [-0.05, 0) is 141 Å². The standard InChI is InChI=1S/C75H120O16P2/c1-4-7-10-13-16-19-22-25-28-31-32-33-34-35-36-39-41-43-46-49-52-55-58-61-73(78)85-64-70(76)65-87-92(81,82)88-66-71(77)67-89-93(83,84)90-69-72(91-75(80)63-60-57-54-51-48-45-42-38-30-27-24-21-18-15-12-9-6-3)68-86-74(79)62-59-56-53-50-47-44-40-37-29-26-23-20-17-14-11-8-5-2/h7-12,16-21,25-30,32-33,35-36,40,42,44-45,50,53,70-72,76-77H,4-6,13-15,22-24,31,34,37-39,41,43,46-49,51-52,54-69H2,1-3H3,(H,81,82)(H,83,84)/b10-7-,11-8-,12-9-,19-16-,20-17-,21-18-,28-25-,29-26-,30-27-,33-32-,36-35-,44-40-,45-42-,53-50-. The van der Waals surface area contributed by atoms with Gasteiger partial charge in [0.05, 0.1) is 26.4 Å². The third kappa shape index (κ3) is 68.1. The van der Waals surface area contributed by atoms with Gasteiger partial charge in [-0.2, -0.15) is 0 Å². The highest BCUT2D eigenvalue weighted by Crippen LogP contribution is 2.45. The fourth-order valence-corrected chi connectivity index (χ4v) is 9.85. The zero-order valence-electron chi connectivity index (χ0n) is 56.9. The van der Waals surface area contributed by atoms with Crippen LogP contribution in [0.4, 0.5) is 0 Å². The first kappa shape index (κ1) is 87.9. The van der Waals surface area contributed by atoms with Crippen LogP contribution in [0.3, 0.4) is 0 Å². The van der Waals surface area contributed by atoms with E-state index in [1.165, 1.54) is 0 Å². The van der Waals surface area contributed by atoms with Crippen molar-refractivity contribution < 1.29 is 75.8 Å². The number of unbranched alkanes of at least 4 members (excludes halogenated alkanes) is 12. The molecule has 5 atom stereocenters. The average Bonchev–Trinajstić information content (AvgIpc) is 3.73. The fourth-order valence-electron chi connectivity index (χ4n) is 8.27. The number of ether oxygens (including phenoxy) is 3. The number of hydrogen-bond donors (Lipinski definition) is 4. The molecule has 0 fully saturated rings. The van der Waals surface area contributed by atoms with Crippen molar-refractivity contribution in [1.29, 1.82) is 0 Å². The van der Waals surface area contributed by atoms with E-state index in [1.54, 1.807) is 0 Å². The van der Waals surface area contributed by atoms with Gasteiger partial charge in [-0.1, -0.05) is 236 Å². The van der Waals surface area contributed by atoms with Gasteiger partial charge >= 0.3 is 33.6 Å². The molecule has 0 spiro atoms. The summed E-state index contributed by atoms with van der Waals surface area (Å²) in [5.41, 5.74) is 0. The molecule has 0 heterocycles. The van der Waals surface area contributed by atoms with Crippen LogP contribution in [0, 0.1) is 0 Å². The molecule has 0 saturated carbocycles. The predicted octanol–water partition coefficient (Wildman–Crippen LogP) is 19.3. The summed E-state index contributed by atoms with van der Waals surface area (Å²) in [6.45, 7) is 2.18. The smallest absolute Gasteiger partial charge is 0.463 e. The lowest BCUT2D eigenvalue weighted by molar-refractivity contribution is -0.161. The largest absolute Gasteiger partial charge is 0.472 e. The third-order valence-electron chi connectivity index (χ3n) is 13.4. The molecule has 0 amide bonds. The van der Waals surface area contributed by atoms with E-state index in [9.17, 15) is 43.5 Å². The molecule has 0 aliphatic rings. The van der Waals surface area contributed by atoms with Gasteiger partial charge in [0.25, 0.3) is 0 Å². The lowest BCUT2D eigenvalue weighted by atomic mass is 10.1. The van der Waals surface area contributed by atoms with Crippen molar-refractivity contribution >= 4 is 33.6 Å². The Balaban J connectivity index is 4.74. The Morgan fingerprint density at radius 3 is 0.892 bits per heavy atom. The first-order valence-electron chi connectivity index (χ1n) is 34.4. The molecule has 0 radical (unpaired) electrons. The van der Waals surface area contributed by atoms with Gasteiger partial charge in [-0.25, -0.2) is 9.13 Å². The van der Waals surface area contributed by atoms with Crippen molar-refractivity contribution in [3.8, 4) is 0 Å². The van der Waals surface area contributed by atoms with Gasteiger partial charge in [-0.3, -0.25) is 32.5 Å². The number of carbonyl (C=O) groups excluding carboxylic acids is 3. The molecular formula is C75H120O16P2. The normalized spacial score (nSPS) is 15.2. The van der Waals surface area contributed by atoms with E-state index in [-0.39, 0.29) is 19.3 Å². The SMILES string of the molecule is CC/C=C\C/C=C\C/C=C\C/C=C\C/C=C\CCCCCCCCCC(=O)OCC(O)COP(=O)(O)OCC(O)COP(=O)(O)OCC(COC(=O)CCC/C=C\C/C=C\C/C=C\C/C=C\C/C=C\CC)OC(=O)CCCCCC/C=C\C/C=C\C/C=C\C/C=C\CC. The molecule has 526 valence electrons. The first-order chi connectivity index (χ1) is 45.2. The van der Waals surface area contributed by atoms with Gasteiger partial charge in [0, 0.05) is 19.3 Å². The first-order valence-corrected chi connectivity index (χ1v) is 37.4. The quantitative estimate of drug-likeness (QED) is 0.0146. The summed E-state index contributed by atoms with van der Waals surface area (Å²) in [5, 5.41) is 20.6. The van der Waals surface area contributed by atoms with Crippen LogP contribution in [0.1, 0.15) is 226 Å². The lowest BCUT2D eigenvalue weighted by Crippen LogP contribution is -2.30. The molecule has 0 aromatic carbocycles. The maximum Gasteiger partial charge on any atom is 0.472 e. The van der Waals surface area contributed by atoms with E-state index in [0.717, 1.165) is 161 Å². The summed E-state index contributed by atoms with van der Waals surface area (Å²) in [6.07, 6.45) is 82.7. The van der Waals surface area contributed by atoms with Crippen molar-refractivity contribution in [3.05, 3.63) is 170 Å². The molecular weight excluding hydrogens is 1220 g/mol. The zero-order chi connectivity index (χ0) is 68.1. The van der Waals surface area contributed by atoms with Crippen LogP contribution in [-0.2, 0) is 55.8 Å². The Labute approximate surface area is 561 Å². The van der Waals surface area contributed by atoms with E-state index in [2.05, 4.69) is 179 Å². The Morgan fingerprint density at radius 1 is 0.301 bits per heavy atom. The molecule has 0 saturated heterocycles. The Kier molecular flexibility index (Phi) is 63.2. The van der Waals surface area contributed by atoms with Gasteiger partial charge in [0.15, 0.2) is 6.10 Å². The minimum Gasteiger partial charge on any atom is -0.463 e. The fraction of sp³-hybridized carbons (Fsp3) is 0.587. The van der Waals surface area contributed by atoms with Crippen molar-refractivity contribution in [2.45, 2.75) is 245 Å². The van der Waals surface area contributed by atoms with Crippen LogP contribution >= 0.6 is 15.6 Å². The van der Waals surface area contributed by atoms with Gasteiger partial charge in [-0.15, -0.1) is 0 Å².